The first-order valence-electron chi connectivity index (χ1n) is 6.48. The minimum Gasteiger partial charge on any atom is -0.493 e. The Morgan fingerprint density at radius 2 is 1.83 bits per heavy atom. The van der Waals surface area contributed by atoms with E-state index in [0.717, 1.165) is 6.08 Å². The van der Waals surface area contributed by atoms with Gasteiger partial charge >= 0.3 is 11.9 Å². The summed E-state index contributed by atoms with van der Waals surface area (Å²) in [6.07, 6.45) is 2.38. The van der Waals surface area contributed by atoms with Crippen LogP contribution in [-0.2, 0) is 4.79 Å². The van der Waals surface area contributed by atoms with Crippen molar-refractivity contribution in [1.82, 2.24) is 0 Å². The van der Waals surface area contributed by atoms with E-state index in [4.69, 9.17) is 19.3 Å². The van der Waals surface area contributed by atoms with Gasteiger partial charge in [-0.15, -0.1) is 11.3 Å². The van der Waals surface area contributed by atoms with Crippen molar-refractivity contribution >= 4 is 29.4 Å². The fourth-order valence-electron chi connectivity index (χ4n) is 1.80. The molecule has 0 atom stereocenters. The number of esters is 1. The van der Waals surface area contributed by atoms with Crippen molar-refractivity contribution in [2.24, 2.45) is 0 Å². The summed E-state index contributed by atoms with van der Waals surface area (Å²) in [6, 6.07) is 6.50. The minimum absolute atomic E-state index is 0.140. The number of aliphatic carboxylic acids is 1. The van der Waals surface area contributed by atoms with E-state index in [1.807, 2.05) is 0 Å². The molecule has 0 aliphatic carbocycles. The summed E-state index contributed by atoms with van der Waals surface area (Å²) in [4.78, 5) is 23.2. The molecule has 0 bridgehead atoms. The summed E-state index contributed by atoms with van der Waals surface area (Å²) < 4.78 is 15.8. The van der Waals surface area contributed by atoms with Crippen LogP contribution in [0.5, 0.6) is 17.2 Å². The molecule has 0 spiro atoms. The zero-order valence-electron chi connectivity index (χ0n) is 12.4. The average molecular weight is 334 g/mol. The Bertz CT molecular complexity index is 708. The number of hydrogen-bond donors (Lipinski definition) is 1. The van der Waals surface area contributed by atoms with Gasteiger partial charge in [-0.2, -0.15) is 0 Å². The summed E-state index contributed by atoms with van der Waals surface area (Å²) in [5.74, 6) is -0.930. The van der Waals surface area contributed by atoms with E-state index < -0.39 is 11.9 Å². The van der Waals surface area contributed by atoms with E-state index in [-0.39, 0.29) is 17.2 Å². The Labute approximate surface area is 136 Å². The second-order valence-corrected chi connectivity index (χ2v) is 5.24. The van der Waals surface area contributed by atoms with Gasteiger partial charge in [0.2, 0.25) is 5.75 Å². The number of carbonyl (C=O) groups is 2. The number of methoxy groups -OCH3 is 2. The highest BCUT2D eigenvalue weighted by molar-refractivity contribution is 7.12. The summed E-state index contributed by atoms with van der Waals surface area (Å²) >= 11 is 1.26. The SMILES string of the molecule is COc1cc(/C=C/C(=O)O)cc(OC)c1OC(=O)c1cccs1. The average Bonchev–Trinajstić information content (AvgIpc) is 3.07. The lowest BCUT2D eigenvalue weighted by atomic mass is 10.1. The highest BCUT2D eigenvalue weighted by Gasteiger charge is 2.19. The lowest BCUT2D eigenvalue weighted by Crippen LogP contribution is -2.08. The Hall–Kier alpha value is -2.80. The minimum atomic E-state index is -1.07. The first kappa shape index (κ1) is 16.6. The number of carbonyl (C=O) groups excluding carboxylic acids is 1. The van der Waals surface area contributed by atoms with Crippen LogP contribution in [0.25, 0.3) is 6.08 Å². The van der Waals surface area contributed by atoms with Crippen molar-refractivity contribution in [3.05, 3.63) is 46.2 Å². The first-order chi connectivity index (χ1) is 11.0. The summed E-state index contributed by atoms with van der Waals surface area (Å²) in [7, 11) is 2.84. The second kappa shape index (κ2) is 7.46. The number of benzene rings is 1. The summed E-state index contributed by atoms with van der Waals surface area (Å²) in [5.41, 5.74) is 0.539. The van der Waals surface area contributed by atoms with Gasteiger partial charge in [0, 0.05) is 6.08 Å². The molecule has 23 heavy (non-hydrogen) atoms. The van der Waals surface area contributed by atoms with Crippen LogP contribution in [0.2, 0.25) is 0 Å². The zero-order valence-corrected chi connectivity index (χ0v) is 13.3. The van der Waals surface area contributed by atoms with Gasteiger partial charge in [0.15, 0.2) is 11.5 Å². The molecule has 0 unspecified atom stereocenters. The number of carboxylic acid groups (broad SMARTS) is 1. The van der Waals surface area contributed by atoms with Crippen molar-refractivity contribution < 1.29 is 28.9 Å². The molecule has 0 saturated heterocycles. The van der Waals surface area contributed by atoms with Crippen LogP contribution in [0.15, 0.2) is 35.7 Å². The summed E-state index contributed by atoms with van der Waals surface area (Å²) in [6.45, 7) is 0. The maximum atomic E-state index is 12.1. The number of hydrogen-bond acceptors (Lipinski definition) is 6. The molecule has 0 radical (unpaired) electrons. The predicted molar refractivity (Wildman–Crippen MR) is 85.5 cm³/mol. The second-order valence-electron chi connectivity index (χ2n) is 4.29. The van der Waals surface area contributed by atoms with E-state index in [2.05, 4.69) is 0 Å². The quantitative estimate of drug-likeness (QED) is 0.497. The van der Waals surface area contributed by atoms with Crippen molar-refractivity contribution in [3.63, 3.8) is 0 Å². The topological polar surface area (TPSA) is 82.1 Å². The number of thiophene rings is 1. The molecule has 2 aromatic rings. The maximum Gasteiger partial charge on any atom is 0.353 e. The Morgan fingerprint density at radius 3 is 2.30 bits per heavy atom. The molecule has 1 N–H and O–H groups in total. The molecular formula is C16H14O6S. The lowest BCUT2D eigenvalue weighted by molar-refractivity contribution is -0.131. The Kier molecular flexibility index (Phi) is 5.37. The maximum absolute atomic E-state index is 12.1. The van der Waals surface area contributed by atoms with Gasteiger partial charge in [-0.05, 0) is 35.2 Å². The third-order valence-electron chi connectivity index (χ3n) is 2.82. The zero-order chi connectivity index (χ0) is 16.8. The lowest BCUT2D eigenvalue weighted by Gasteiger charge is -2.13. The molecular weight excluding hydrogens is 320 g/mol. The third-order valence-corrected chi connectivity index (χ3v) is 3.67. The van der Waals surface area contributed by atoms with Crippen molar-refractivity contribution in [2.75, 3.05) is 14.2 Å². The summed E-state index contributed by atoms with van der Waals surface area (Å²) in [5, 5.41) is 10.5. The number of rotatable bonds is 6. The van der Waals surface area contributed by atoms with E-state index in [9.17, 15) is 9.59 Å². The van der Waals surface area contributed by atoms with Gasteiger partial charge in [0.25, 0.3) is 0 Å². The van der Waals surface area contributed by atoms with Crippen LogP contribution in [0.3, 0.4) is 0 Å². The smallest absolute Gasteiger partial charge is 0.353 e. The van der Waals surface area contributed by atoms with E-state index in [0.29, 0.717) is 10.4 Å². The molecule has 0 aliphatic heterocycles. The molecule has 0 saturated carbocycles. The number of carboxylic acids is 1. The molecule has 1 aromatic carbocycles. The molecule has 0 amide bonds. The fourth-order valence-corrected chi connectivity index (χ4v) is 2.40. The van der Waals surface area contributed by atoms with Crippen LogP contribution < -0.4 is 14.2 Å². The van der Waals surface area contributed by atoms with E-state index in [1.165, 1.54) is 31.6 Å². The predicted octanol–water partition coefficient (Wildman–Crippen LogP) is 3.08. The van der Waals surface area contributed by atoms with Crippen molar-refractivity contribution in [2.45, 2.75) is 0 Å². The van der Waals surface area contributed by atoms with Gasteiger partial charge in [0.05, 0.1) is 14.2 Å². The van der Waals surface area contributed by atoms with Gasteiger partial charge in [-0.1, -0.05) is 6.07 Å². The van der Waals surface area contributed by atoms with Crippen LogP contribution in [0.4, 0.5) is 0 Å². The molecule has 6 nitrogen and oxygen atoms in total. The van der Waals surface area contributed by atoms with Crippen LogP contribution in [0.1, 0.15) is 15.2 Å². The van der Waals surface area contributed by atoms with E-state index >= 15 is 0 Å². The highest BCUT2D eigenvalue weighted by atomic mass is 32.1. The van der Waals surface area contributed by atoms with Gasteiger partial charge in [0.1, 0.15) is 4.88 Å². The Balaban J connectivity index is 2.38. The van der Waals surface area contributed by atoms with Gasteiger partial charge in [-0.25, -0.2) is 9.59 Å². The monoisotopic (exact) mass is 334 g/mol. The molecule has 1 aromatic heterocycles. The van der Waals surface area contributed by atoms with Crippen molar-refractivity contribution in [3.8, 4) is 17.2 Å². The van der Waals surface area contributed by atoms with Crippen LogP contribution in [-0.4, -0.2) is 31.3 Å². The first-order valence-corrected chi connectivity index (χ1v) is 7.36. The highest BCUT2D eigenvalue weighted by Crippen LogP contribution is 2.39. The van der Waals surface area contributed by atoms with Gasteiger partial charge < -0.3 is 19.3 Å². The Morgan fingerprint density at radius 1 is 1.17 bits per heavy atom. The van der Waals surface area contributed by atoms with Gasteiger partial charge in [-0.3, -0.25) is 0 Å². The molecule has 0 aliphatic rings. The van der Waals surface area contributed by atoms with E-state index in [1.54, 1.807) is 29.6 Å². The normalized spacial score (nSPS) is 10.5. The fraction of sp³-hybridized carbons (Fsp3) is 0.125. The standard InChI is InChI=1S/C16H14O6S/c1-20-11-8-10(5-6-14(17)18)9-12(21-2)15(11)22-16(19)13-4-3-7-23-13/h3-9H,1-2H3,(H,17,18)/b6-5+. The van der Waals surface area contributed by atoms with Crippen LogP contribution >= 0.6 is 11.3 Å². The largest absolute Gasteiger partial charge is 0.493 e. The van der Waals surface area contributed by atoms with Crippen molar-refractivity contribution in [1.29, 1.82) is 0 Å². The van der Waals surface area contributed by atoms with Crippen LogP contribution in [0, 0.1) is 0 Å². The molecule has 0 fully saturated rings. The molecule has 2 rings (SSSR count). The number of ether oxygens (including phenoxy) is 3. The third kappa shape index (κ3) is 4.10. The molecule has 120 valence electrons. The molecule has 1 heterocycles. The molecule has 7 heteroatoms.